The summed E-state index contributed by atoms with van der Waals surface area (Å²) in [6.07, 6.45) is 0. The van der Waals surface area contributed by atoms with Gasteiger partial charge >= 0.3 is 0 Å². The lowest BCUT2D eigenvalue weighted by Crippen LogP contribution is -2.49. The predicted molar refractivity (Wildman–Crippen MR) is 56.1 cm³/mol. The summed E-state index contributed by atoms with van der Waals surface area (Å²) in [5.74, 6) is 0.281. The third-order valence-electron chi connectivity index (χ3n) is 3.12. The van der Waals surface area contributed by atoms with Crippen molar-refractivity contribution in [2.24, 2.45) is 5.92 Å². The predicted octanol–water partition coefficient (Wildman–Crippen LogP) is 1.65. The minimum Gasteiger partial charge on any atom is -0.484 e. The molecule has 1 heterocycles. The van der Waals surface area contributed by atoms with Gasteiger partial charge < -0.3 is 9.84 Å². The summed E-state index contributed by atoms with van der Waals surface area (Å²) in [4.78, 5) is 12.0. The molecule has 1 N–H and O–H groups in total. The Hall–Kier alpha value is -1.35. The molecule has 0 aromatic heterocycles. The molecule has 0 spiro atoms. The van der Waals surface area contributed by atoms with Crippen LogP contribution >= 0.6 is 0 Å². The van der Waals surface area contributed by atoms with Gasteiger partial charge in [0, 0.05) is 0 Å². The van der Waals surface area contributed by atoms with Crippen molar-refractivity contribution in [2.45, 2.75) is 19.4 Å². The van der Waals surface area contributed by atoms with Crippen molar-refractivity contribution in [1.82, 2.24) is 0 Å². The summed E-state index contributed by atoms with van der Waals surface area (Å²) in [6, 6.07) is 7.15. The third-order valence-corrected chi connectivity index (χ3v) is 3.12. The highest BCUT2D eigenvalue weighted by atomic mass is 16.5. The maximum atomic E-state index is 12.0. The van der Waals surface area contributed by atoms with Crippen molar-refractivity contribution in [3.05, 3.63) is 29.8 Å². The lowest BCUT2D eigenvalue weighted by molar-refractivity contribution is -0.0200. The van der Waals surface area contributed by atoms with E-state index in [1.165, 1.54) is 0 Å². The second-order valence-corrected chi connectivity index (χ2v) is 4.15. The van der Waals surface area contributed by atoms with Crippen molar-refractivity contribution in [1.29, 1.82) is 0 Å². The molecule has 0 bridgehead atoms. The monoisotopic (exact) mass is 206 g/mol. The first-order valence-electron chi connectivity index (χ1n) is 5.01. The maximum Gasteiger partial charge on any atom is 0.173 e. The van der Waals surface area contributed by atoms with Gasteiger partial charge in [-0.15, -0.1) is 0 Å². The molecule has 1 aromatic rings. The molecule has 1 aliphatic rings. The van der Waals surface area contributed by atoms with Crippen LogP contribution in [-0.4, -0.2) is 23.1 Å². The van der Waals surface area contributed by atoms with Crippen molar-refractivity contribution in [3.63, 3.8) is 0 Å². The molecular weight excluding hydrogens is 192 g/mol. The van der Waals surface area contributed by atoms with Crippen LogP contribution in [0.5, 0.6) is 5.75 Å². The number of benzene rings is 1. The molecule has 1 aliphatic heterocycles. The van der Waals surface area contributed by atoms with Gasteiger partial charge in [0.2, 0.25) is 0 Å². The van der Waals surface area contributed by atoms with E-state index >= 15 is 0 Å². The number of hydrogen-bond donors (Lipinski definition) is 1. The molecule has 3 nitrogen and oxygen atoms in total. The summed E-state index contributed by atoms with van der Waals surface area (Å²) >= 11 is 0. The molecule has 3 heteroatoms. The van der Waals surface area contributed by atoms with E-state index in [0.717, 1.165) is 0 Å². The van der Waals surface area contributed by atoms with Crippen LogP contribution < -0.4 is 4.74 Å². The van der Waals surface area contributed by atoms with Crippen LogP contribution in [0.4, 0.5) is 0 Å². The van der Waals surface area contributed by atoms with E-state index in [2.05, 4.69) is 0 Å². The van der Waals surface area contributed by atoms with Gasteiger partial charge in [-0.25, -0.2) is 0 Å². The van der Waals surface area contributed by atoms with Crippen LogP contribution in [-0.2, 0) is 0 Å². The first-order valence-corrected chi connectivity index (χ1v) is 5.01. The quantitative estimate of drug-likeness (QED) is 0.760. The Kier molecular flexibility index (Phi) is 2.27. The largest absolute Gasteiger partial charge is 0.484 e. The average Bonchev–Trinajstić information content (AvgIpc) is 2.26. The molecule has 1 aromatic carbocycles. The summed E-state index contributed by atoms with van der Waals surface area (Å²) in [5.41, 5.74) is -0.193. The number of ketones is 1. The van der Waals surface area contributed by atoms with E-state index in [-0.39, 0.29) is 18.3 Å². The highest BCUT2D eigenvalue weighted by Crippen LogP contribution is 2.36. The normalized spacial score (nSPS) is 29.5. The molecule has 0 radical (unpaired) electrons. The van der Waals surface area contributed by atoms with Crippen LogP contribution in [0.1, 0.15) is 24.2 Å². The molecule has 0 saturated carbocycles. The lowest BCUT2D eigenvalue weighted by atomic mass is 9.82. The van der Waals surface area contributed by atoms with Gasteiger partial charge in [0.05, 0.1) is 18.1 Å². The maximum absolute atomic E-state index is 12.0. The average molecular weight is 206 g/mol. The number of aliphatic hydroxyl groups is 1. The zero-order chi connectivity index (χ0) is 11.1. The van der Waals surface area contributed by atoms with E-state index in [4.69, 9.17) is 4.74 Å². The van der Waals surface area contributed by atoms with Crippen LogP contribution in [0.2, 0.25) is 0 Å². The highest BCUT2D eigenvalue weighted by molar-refractivity contribution is 6.01. The lowest BCUT2D eigenvalue weighted by Gasteiger charge is -2.38. The van der Waals surface area contributed by atoms with Crippen LogP contribution in [0.25, 0.3) is 0 Å². The van der Waals surface area contributed by atoms with Crippen molar-refractivity contribution >= 4 is 5.78 Å². The number of fused-ring (bicyclic) bond motifs is 1. The fourth-order valence-corrected chi connectivity index (χ4v) is 1.78. The molecule has 0 aliphatic carbocycles. The first kappa shape index (κ1) is 10.2. The smallest absolute Gasteiger partial charge is 0.173 e. The number of aliphatic hydroxyl groups excluding tert-OH is 1. The molecule has 2 unspecified atom stereocenters. The SMILES string of the molecule is CC1C(=O)c2ccccc2OC1(C)CO. The second-order valence-electron chi connectivity index (χ2n) is 4.15. The minimum atomic E-state index is -0.800. The zero-order valence-corrected chi connectivity index (χ0v) is 8.86. The summed E-state index contributed by atoms with van der Waals surface area (Å²) in [7, 11) is 0. The molecule has 2 atom stereocenters. The van der Waals surface area contributed by atoms with Gasteiger partial charge in [0.25, 0.3) is 0 Å². The zero-order valence-electron chi connectivity index (χ0n) is 8.86. The van der Waals surface area contributed by atoms with E-state index < -0.39 is 5.60 Å². The number of ether oxygens (including phenoxy) is 1. The second kappa shape index (κ2) is 3.35. The molecule has 80 valence electrons. The van der Waals surface area contributed by atoms with Crippen molar-refractivity contribution in [2.75, 3.05) is 6.61 Å². The van der Waals surface area contributed by atoms with E-state index in [1.807, 2.05) is 12.1 Å². The molecule has 0 saturated heterocycles. The third kappa shape index (κ3) is 1.43. The number of carbonyl (C=O) groups is 1. The Morgan fingerprint density at radius 1 is 1.47 bits per heavy atom. The van der Waals surface area contributed by atoms with Gasteiger partial charge in [-0.2, -0.15) is 0 Å². The first-order chi connectivity index (χ1) is 7.08. The van der Waals surface area contributed by atoms with Gasteiger partial charge in [-0.1, -0.05) is 19.1 Å². The summed E-state index contributed by atoms with van der Waals surface area (Å²) in [5, 5.41) is 9.29. The van der Waals surface area contributed by atoms with Crippen molar-refractivity contribution < 1.29 is 14.6 Å². The molecule has 2 rings (SSSR count). The highest BCUT2D eigenvalue weighted by Gasteiger charge is 2.42. The van der Waals surface area contributed by atoms with E-state index in [1.54, 1.807) is 26.0 Å². The Morgan fingerprint density at radius 2 is 2.13 bits per heavy atom. The van der Waals surface area contributed by atoms with E-state index in [0.29, 0.717) is 11.3 Å². The number of rotatable bonds is 1. The number of Topliss-reactive ketones (excluding diaryl/α,β-unsaturated/α-hetero) is 1. The molecule has 0 amide bonds. The summed E-state index contributed by atoms with van der Waals surface area (Å²) in [6.45, 7) is 3.38. The van der Waals surface area contributed by atoms with Crippen LogP contribution in [0.15, 0.2) is 24.3 Å². The summed E-state index contributed by atoms with van der Waals surface area (Å²) < 4.78 is 5.68. The van der Waals surface area contributed by atoms with Crippen molar-refractivity contribution in [3.8, 4) is 5.75 Å². The van der Waals surface area contributed by atoms with Gasteiger partial charge in [0.15, 0.2) is 5.78 Å². The standard InChI is InChI=1S/C12H14O3/c1-8-11(14)9-5-3-4-6-10(9)15-12(8,2)7-13/h3-6,8,13H,7H2,1-2H3. The fraction of sp³-hybridized carbons (Fsp3) is 0.417. The molecule has 15 heavy (non-hydrogen) atoms. The van der Waals surface area contributed by atoms with Gasteiger partial charge in [-0.05, 0) is 19.1 Å². The number of hydrogen-bond acceptors (Lipinski definition) is 3. The number of para-hydroxylation sites is 1. The Morgan fingerprint density at radius 3 is 2.80 bits per heavy atom. The van der Waals surface area contributed by atoms with E-state index in [9.17, 15) is 9.90 Å². The Labute approximate surface area is 88.7 Å². The minimum absolute atomic E-state index is 0.0356. The molecule has 0 fully saturated rings. The van der Waals surface area contributed by atoms with Crippen LogP contribution in [0, 0.1) is 5.92 Å². The number of carbonyl (C=O) groups excluding carboxylic acids is 1. The van der Waals surface area contributed by atoms with Gasteiger partial charge in [-0.3, -0.25) is 4.79 Å². The fourth-order valence-electron chi connectivity index (χ4n) is 1.78. The Balaban J connectivity index is 2.50. The van der Waals surface area contributed by atoms with Gasteiger partial charge in [0.1, 0.15) is 11.4 Å². The topological polar surface area (TPSA) is 46.5 Å². The van der Waals surface area contributed by atoms with Crippen LogP contribution in [0.3, 0.4) is 0 Å². The molecular formula is C12H14O3. The Bertz CT molecular complexity index is 400.